The van der Waals surface area contributed by atoms with Gasteiger partial charge >= 0.3 is 12.2 Å². The summed E-state index contributed by atoms with van der Waals surface area (Å²) in [6.07, 6.45) is 0.917. The summed E-state index contributed by atoms with van der Waals surface area (Å²) in [6.45, 7) is 3.84. The zero-order valence-corrected chi connectivity index (χ0v) is 17.9. The number of fused-ring (bicyclic) bond motifs is 1. The molecule has 2 aromatic rings. The lowest BCUT2D eigenvalue weighted by atomic mass is 9.80. The van der Waals surface area contributed by atoms with Crippen LogP contribution in [0.25, 0.3) is 0 Å². The Balaban J connectivity index is 1.38. The minimum atomic E-state index is -4.39. The number of carbonyl (C=O) groups is 1. The number of benzene rings is 1. The molecule has 4 heterocycles. The van der Waals surface area contributed by atoms with Gasteiger partial charge in [-0.05, 0) is 54.3 Å². The molecule has 0 aliphatic carbocycles. The smallest absolute Gasteiger partial charge is 0.326 e. The van der Waals surface area contributed by atoms with E-state index in [2.05, 4.69) is 28.6 Å². The third-order valence-electron chi connectivity index (χ3n) is 6.55. The third-order valence-corrected chi connectivity index (χ3v) is 6.55. The second-order valence-corrected chi connectivity index (χ2v) is 8.50. The molecular weight excluding hydrogens is 433 g/mol. The van der Waals surface area contributed by atoms with E-state index < -0.39 is 11.7 Å². The van der Waals surface area contributed by atoms with Crippen molar-refractivity contribution in [3.05, 3.63) is 71.9 Å². The van der Waals surface area contributed by atoms with Gasteiger partial charge in [0, 0.05) is 36.7 Å². The molecule has 0 bridgehead atoms. The van der Waals surface area contributed by atoms with E-state index in [4.69, 9.17) is 4.99 Å². The number of alkyl halides is 3. The van der Waals surface area contributed by atoms with E-state index in [9.17, 15) is 18.0 Å². The van der Waals surface area contributed by atoms with Gasteiger partial charge in [-0.25, -0.2) is 9.79 Å². The molecule has 3 unspecified atom stereocenters. The van der Waals surface area contributed by atoms with Crippen LogP contribution in [0.15, 0.2) is 65.8 Å². The molecule has 7 nitrogen and oxygen atoms in total. The van der Waals surface area contributed by atoms with Gasteiger partial charge in [-0.1, -0.05) is 13.0 Å². The standard InChI is InChI=1S/C23H23F3N6O/c1-14(15-3-2-8-27-9-15)18-10-28-11-19(18)21-29-20-12-31(13-32(20)22(33)30-21)17-6-4-16(5-7-17)23(24,25)26/h2-9,12,14,18-19,28H,10-11,13H2,1H3,(H,29,30,33). The maximum Gasteiger partial charge on any atom is 0.416 e. The van der Waals surface area contributed by atoms with Crippen molar-refractivity contribution < 1.29 is 18.0 Å². The topological polar surface area (TPSA) is 72.9 Å². The molecule has 172 valence electrons. The zero-order valence-electron chi connectivity index (χ0n) is 17.9. The molecule has 3 aliphatic heterocycles. The monoisotopic (exact) mass is 456 g/mol. The normalized spacial score (nSPS) is 23.7. The first-order valence-corrected chi connectivity index (χ1v) is 10.7. The van der Waals surface area contributed by atoms with Gasteiger partial charge in [0.25, 0.3) is 0 Å². The molecule has 10 heteroatoms. The molecule has 1 aromatic carbocycles. The van der Waals surface area contributed by atoms with Gasteiger partial charge < -0.3 is 10.2 Å². The Morgan fingerprint density at radius 1 is 1.15 bits per heavy atom. The number of aliphatic imine (C=N–C) groups is 1. The molecule has 33 heavy (non-hydrogen) atoms. The number of amides is 2. The summed E-state index contributed by atoms with van der Waals surface area (Å²) >= 11 is 0. The number of carbonyl (C=O) groups excluding carboxylic acids is 1. The van der Waals surface area contributed by atoms with E-state index in [0.29, 0.717) is 23.9 Å². The number of hydrogen-bond donors (Lipinski definition) is 2. The Morgan fingerprint density at radius 3 is 2.64 bits per heavy atom. The number of halogens is 3. The van der Waals surface area contributed by atoms with Gasteiger partial charge in [0.05, 0.1) is 5.56 Å². The van der Waals surface area contributed by atoms with Crippen molar-refractivity contribution in [1.82, 2.24) is 20.5 Å². The number of anilines is 1. The fourth-order valence-corrected chi connectivity index (χ4v) is 4.65. The van der Waals surface area contributed by atoms with Crippen molar-refractivity contribution in [2.45, 2.75) is 19.0 Å². The molecule has 2 N–H and O–H groups in total. The number of urea groups is 1. The van der Waals surface area contributed by atoms with Gasteiger partial charge in [0.15, 0.2) is 5.82 Å². The number of amidine groups is 1. The maximum atomic E-state index is 12.9. The Kier molecular flexibility index (Phi) is 5.32. The number of hydrogen-bond acceptors (Lipinski definition) is 5. The highest BCUT2D eigenvalue weighted by molar-refractivity contribution is 6.02. The predicted molar refractivity (Wildman–Crippen MR) is 117 cm³/mol. The molecule has 1 saturated heterocycles. The van der Waals surface area contributed by atoms with Gasteiger partial charge in [-0.3, -0.25) is 15.2 Å². The Bertz CT molecular complexity index is 1100. The van der Waals surface area contributed by atoms with Crippen LogP contribution in [0.5, 0.6) is 0 Å². The predicted octanol–water partition coefficient (Wildman–Crippen LogP) is 3.74. The molecule has 2 amide bonds. The van der Waals surface area contributed by atoms with Crippen LogP contribution < -0.4 is 15.5 Å². The van der Waals surface area contributed by atoms with Gasteiger partial charge in [-0.2, -0.15) is 13.2 Å². The number of nitrogens with zero attached hydrogens (tertiary/aromatic N) is 4. The van der Waals surface area contributed by atoms with Crippen LogP contribution in [-0.4, -0.2) is 41.5 Å². The molecule has 0 radical (unpaired) electrons. The Morgan fingerprint density at radius 2 is 1.94 bits per heavy atom. The van der Waals surface area contributed by atoms with E-state index in [1.54, 1.807) is 17.3 Å². The summed E-state index contributed by atoms with van der Waals surface area (Å²) in [5.41, 5.74) is 0.977. The molecule has 3 atom stereocenters. The molecule has 0 spiro atoms. The third kappa shape index (κ3) is 4.06. The first-order chi connectivity index (χ1) is 15.8. The van der Waals surface area contributed by atoms with Crippen LogP contribution in [0, 0.1) is 11.8 Å². The SMILES string of the molecule is CC(c1cccnc1)C1CNCC1C1=NC2=CN(c3ccc(C(F)(F)F)cc3)CN2C(=O)N1. The summed E-state index contributed by atoms with van der Waals surface area (Å²) in [5.74, 6) is 1.56. The van der Waals surface area contributed by atoms with Crippen molar-refractivity contribution in [3.8, 4) is 0 Å². The van der Waals surface area contributed by atoms with Crippen LogP contribution >= 0.6 is 0 Å². The van der Waals surface area contributed by atoms with E-state index in [-0.39, 0.29) is 30.5 Å². The summed E-state index contributed by atoms with van der Waals surface area (Å²) in [4.78, 5) is 25.0. The summed E-state index contributed by atoms with van der Waals surface area (Å²) in [5, 5.41) is 6.34. The second-order valence-electron chi connectivity index (χ2n) is 8.50. The van der Waals surface area contributed by atoms with Crippen molar-refractivity contribution in [3.63, 3.8) is 0 Å². The average molecular weight is 456 g/mol. The number of pyridine rings is 1. The van der Waals surface area contributed by atoms with Gasteiger partial charge in [0.2, 0.25) is 0 Å². The highest BCUT2D eigenvalue weighted by Crippen LogP contribution is 2.35. The van der Waals surface area contributed by atoms with E-state index in [0.717, 1.165) is 24.2 Å². The average Bonchev–Trinajstić information content (AvgIpc) is 3.46. The van der Waals surface area contributed by atoms with Crippen LogP contribution in [0.4, 0.5) is 23.7 Å². The van der Waals surface area contributed by atoms with Crippen LogP contribution in [-0.2, 0) is 6.18 Å². The molecule has 3 aliphatic rings. The lowest BCUT2D eigenvalue weighted by Gasteiger charge is -2.31. The first-order valence-electron chi connectivity index (χ1n) is 10.7. The number of rotatable bonds is 4. The van der Waals surface area contributed by atoms with E-state index in [1.807, 2.05) is 12.3 Å². The molecular formula is C23H23F3N6O. The molecule has 1 aromatic heterocycles. The fraction of sp³-hybridized carbons (Fsp3) is 0.348. The molecule has 5 rings (SSSR count). The van der Waals surface area contributed by atoms with Crippen LogP contribution in [0.3, 0.4) is 0 Å². The van der Waals surface area contributed by atoms with Crippen LogP contribution in [0.2, 0.25) is 0 Å². The highest BCUT2D eigenvalue weighted by Gasteiger charge is 2.40. The number of nitrogens with one attached hydrogen (secondary N) is 2. The summed E-state index contributed by atoms with van der Waals surface area (Å²) in [7, 11) is 0. The second kappa shape index (κ2) is 8.18. The maximum absolute atomic E-state index is 12.9. The summed E-state index contributed by atoms with van der Waals surface area (Å²) in [6, 6.07) is 8.54. The lowest BCUT2D eigenvalue weighted by Crippen LogP contribution is -2.50. The van der Waals surface area contributed by atoms with E-state index >= 15 is 0 Å². The van der Waals surface area contributed by atoms with Crippen molar-refractivity contribution in [1.29, 1.82) is 0 Å². The quantitative estimate of drug-likeness (QED) is 0.735. The van der Waals surface area contributed by atoms with Crippen molar-refractivity contribution in [2.75, 3.05) is 24.7 Å². The largest absolute Gasteiger partial charge is 0.416 e. The number of aromatic nitrogens is 1. The zero-order chi connectivity index (χ0) is 23.2. The van der Waals surface area contributed by atoms with E-state index in [1.165, 1.54) is 17.0 Å². The highest BCUT2D eigenvalue weighted by atomic mass is 19.4. The summed E-state index contributed by atoms with van der Waals surface area (Å²) < 4.78 is 38.6. The van der Waals surface area contributed by atoms with Crippen molar-refractivity contribution in [2.24, 2.45) is 16.8 Å². The Hall–Kier alpha value is -3.40. The van der Waals surface area contributed by atoms with Crippen molar-refractivity contribution >= 4 is 17.6 Å². The first kappa shape index (κ1) is 21.4. The minimum Gasteiger partial charge on any atom is -0.326 e. The minimum absolute atomic E-state index is 0.0207. The molecule has 0 saturated carbocycles. The van der Waals surface area contributed by atoms with Crippen LogP contribution in [0.1, 0.15) is 24.0 Å². The van der Waals surface area contributed by atoms with Gasteiger partial charge in [0.1, 0.15) is 12.5 Å². The fourth-order valence-electron chi connectivity index (χ4n) is 4.65. The molecule has 1 fully saturated rings. The Labute approximate surface area is 189 Å². The van der Waals surface area contributed by atoms with Gasteiger partial charge in [-0.15, -0.1) is 0 Å². The lowest BCUT2D eigenvalue weighted by molar-refractivity contribution is -0.137.